The molecule has 10 nitrogen and oxygen atoms in total. The number of oxazole rings is 1. The Kier molecular flexibility index (Phi) is 5.36. The summed E-state index contributed by atoms with van der Waals surface area (Å²) in [5.41, 5.74) is 2.63. The zero-order valence-electron chi connectivity index (χ0n) is 16.2. The number of carbonyl (C=O) groups excluding carboxylic acids is 1. The Hall–Kier alpha value is -3.83. The van der Waals surface area contributed by atoms with Crippen LogP contribution in [0.4, 0.5) is 0 Å². The van der Waals surface area contributed by atoms with E-state index in [1.165, 1.54) is 35.9 Å². The van der Waals surface area contributed by atoms with Crippen LogP contribution in [0.1, 0.15) is 16.3 Å². The number of rotatable bonds is 7. The van der Waals surface area contributed by atoms with Crippen LogP contribution in [0, 0.1) is 0 Å². The van der Waals surface area contributed by atoms with Crippen LogP contribution in [-0.2, 0) is 23.7 Å². The standard InChI is InChI=1S/C20H17N3O7S/c1-23-16-9-8-15(11-18(16)30-20(23)25)31(26,27)22-21-19(24)17-10-7-14(29-17)12-28-13-5-3-2-4-6-13/h2-11,22H,12H2,1H3,(H,21,24). The summed E-state index contributed by atoms with van der Waals surface area (Å²) in [6.45, 7) is 0.102. The molecule has 31 heavy (non-hydrogen) atoms. The molecular weight excluding hydrogens is 426 g/mol. The fourth-order valence-electron chi connectivity index (χ4n) is 2.76. The number of hydrogen-bond acceptors (Lipinski definition) is 7. The van der Waals surface area contributed by atoms with E-state index in [-0.39, 0.29) is 22.8 Å². The fourth-order valence-corrected chi connectivity index (χ4v) is 3.62. The van der Waals surface area contributed by atoms with Crippen molar-refractivity contribution in [2.75, 3.05) is 0 Å². The Balaban J connectivity index is 1.40. The molecule has 2 N–H and O–H groups in total. The highest BCUT2D eigenvalue weighted by Crippen LogP contribution is 2.18. The Bertz CT molecular complexity index is 1400. The van der Waals surface area contributed by atoms with Crippen molar-refractivity contribution in [3.63, 3.8) is 0 Å². The molecule has 0 atom stereocenters. The summed E-state index contributed by atoms with van der Waals surface area (Å²) in [4.78, 5) is 25.6. The highest BCUT2D eigenvalue weighted by atomic mass is 32.2. The van der Waals surface area contributed by atoms with E-state index in [9.17, 15) is 18.0 Å². The van der Waals surface area contributed by atoms with E-state index in [1.54, 1.807) is 18.2 Å². The molecule has 11 heteroatoms. The summed E-state index contributed by atoms with van der Waals surface area (Å²) in [6, 6.07) is 15.9. The first-order chi connectivity index (χ1) is 14.8. The number of carbonyl (C=O) groups is 1. The quantitative estimate of drug-likeness (QED) is 0.417. The molecule has 160 valence electrons. The first-order valence-corrected chi connectivity index (χ1v) is 10.5. The van der Waals surface area contributed by atoms with Gasteiger partial charge in [-0.25, -0.2) is 13.2 Å². The van der Waals surface area contributed by atoms with Gasteiger partial charge in [-0.1, -0.05) is 18.2 Å². The molecule has 2 aromatic carbocycles. The van der Waals surface area contributed by atoms with Gasteiger partial charge >= 0.3 is 11.7 Å². The third-order valence-electron chi connectivity index (χ3n) is 4.38. The molecule has 0 spiro atoms. The molecule has 0 aliphatic carbocycles. The van der Waals surface area contributed by atoms with Crippen molar-refractivity contribution in [2.45, 2.75) is 11.5 Å². The van der Waals surface area contributed by atoms with E-state index in [1.807, 2.05) is 23.0 Å². The average Bonchev–Trinajstić information content (AvgIpc) is 3.36. The molecule has 0 unspecified atom stereocenters. The highest BCUT2D eigenvalue weighted by Gasteiger charge is 2.19. The van der Waals surface area contributed by atoms with Gasteiger partial charge in [-0.05, 0) is 36.4 Å². The summed E-state index contributed by atoms with van der Waals surface area (Å²) in [6.07, 6.45) is 0. The summed E-state index contributed by atoms with van der Waals surface area (Å²) in [5, 5.41) is 0. The zero-order valence-corrected chi connectivity index (χ0v) is 17.0. The summed E-state index contributed by atoms with van der Waals surface area (Å²) in [7, 11) is -2.61. The SMILES string of the molecule is Cn1c(=O)oc2cc(S(=O)(=O)NNC(=O)c3ccc(COc4ccccc4)o3)ccc21. The molecule has 0 bridgehead atoms. The molecule has 2 heterocycles. The number of furan rings is 1. The van der Waals surface area contributed by atoms with Gasteiger partial charge in [0.05, 0.1) is 10.4 Å². The molecule has 4 rings (SSSR count). The predicted octanol–water partition coefficient (Wildman–Crippen LogP) is 1.93. The number of hydrazine groups is 1. The van der Waals surface area contributed by atoms with Crippen LogP contribution >= 0.6 is 0 Å². The maximum Gasteiger partial charge on any atom is 0.419 e. The van der Waals surface area contributed by atoms with Gasteiger partial charge in [0.15, 0.2) is 11.3 Å². The minimum absolute atomic E-state index is 0.0983. The molecule has 0 radical (unpaired) electrons. The number of fused-ring (bicyclic) bond motifs is 1. The third-order valence-corrected chi connectivity index (χ3v) is 5.63. The molecule has 0 saturated heterocycles. The van der Waals surface area contributed by atoms with E-state index in [2.05, 4.69) is 5.43 Å². The van der Waals surface area contributed by atoms with Crippen molar-refractivity contribution in [2.24, 2.45) is 7.05 Å². The van der Waals surface area contributed by atoms with Crippen LogP contribution < -0.4 is 20.7 Å². The lowest BCUT2D eigenvalue weighted by Crippen LogP contribution is -2.41. The van der Waals surface area contributed by atoms with Crippen molar-refractivity contribution in [1.29, 1.82) is 0 Å². The number of para-hydroxylation sites is 1. The van der Waals surface area contributed by atoms with Gasteiger partial charge in [-0.2, -0.15) is 0 Å². The van der Waals surface area contributed by atoms with Gasteiger partial charge in [0, 0.05) is 13.1 Å². The van der Waals surface area contributed by atoms with Crippen molar-refractivity contribution in [3.05, 3.63) is 82.7 Å². The number of sulfonamides is 1. The van der Waals surface area contributed by atoms with Crippen LogP contribution in [0.15, 0.2) is 79.2 Å². The minimum atomic E-state index is -4.12. The number of ether oxygens (including phenoxy) is 1. The van der Waals surface area contributed by atoms with E-state index in [0.29, 0.717) is 17.0 Å². The number of aryl methyl sites for hydroxylation is 1. The van der Waals surface area contributed by atoms with Crippen LogP contribution in [0.25, 0.3) is 11.1 Å². The highest BCUT2D eigenvalue weighted by molar-refractivity contribution is 7.89. The largest absolute Gasteiger partial charge is 0.486 e. The molecule has 2 aromatic heterocycles. The molecule has 1 amide bonds. The first-order valence-electron chi connectivity index (χ1n) is 9.02. The number of amides is 1. The van der Waals surface area contributed by atoms with E-state index < -0.39 is 21.7 Å². The van der Waals surface area contributed by atoms with Crippen molar-refractivity contribution >= 4 is 27.0 Å². The van der Waals surface area contributed by atoms with E-state index >= 15 is 0 Å². The lowest BCUT2D eigenvalue weighted by molar-refractivity contribution is 0.0913. The molecule has 4 aromatic rings. The molecule has 0 saturated carbocycles. The monoisotopic (exact) mass is 443 g/mol. The lowest BCUT2D eigenvalue weighted by atomic mass is 10.3. The van der Waals surface area contributed by atoms with Crippen LogP contribution in [0.5, 0.6) is 5.75 Å². The number of aromatic nitrogens is 1. The van der Waals surface area contributed by atoms with Gasteiger partial charge in [-0.15, -0.1) is 4.83 Å². The smallest absolute Gasteiger partial charge is 0.419 e. The van der Waals surface area contributed by atoms with Gasteiger partial charge in [0.25, 0.3) is 10.0 Å². The Morgan fingerprint density at radius 3 is 2.61 bits per heavy atom. The number of benzene rings is 2. The lowest BCUT2D eigenvalue weighted by Gasteiger charge is -2.07. The van der Waals surface area contributed by atoms with Crippen LogP contribution in [-0.4, -0.2) is 18.9 Å². The Labute approximate surface area is 176 Å². The zero-order chi connectivity index (χ0) is 22.0. The van der Waals surface area contributed by atoms with E-state index in [4.69, 9.17) is 13.6 Å². The average molecular weight is 443 g/mol. The maximum absolute atomic E-state index is 12.5. The van der Waals surface area contributed by atoms with Gasteiger partial charge in [0.1, 0.15) is 18.1 Å². The summed E-state index contributed by atoms with van der Waals surface area (Å²) >= 11 is 0. The predicted molar refractivity (Wildman–Crippen MR) is 109 cm³/mol. The maximum atomic E-state index is 12.5. The molecule has 0 aliphatic heterocycles. The fraction of sp³-hybridized carbons (Fsp3) is 0.100. The first kappa shape index (κ1) is 20.4. The normalized spacial score (nSPS) is 11.5. The minimum Gasteiger partial charge on any atom is -0.486 e. The topological polar surface area (TPSA) is 133 Å². The summed E-state index contributed by atoms with van der Waals surface area (Å²) < 4.78 is 42.1. The second-order valence-corrected chi connectivity index (χ2v) is 8.17. The third kappa shape index (κ3) is 4.37. The van der Waals surface area contributed by atoms with Gasteiger partial charge in [-0.3, -0.25) is 14.8 Å². The van der Waals surface area contributed by atoms with Crippen molar-refractivity contribution < 1.29 is 26.8 Å². The second-order valence-electron chi connectivity index (χ2n) is 6.48. The van der Waals surface area contributed by atoms with Gasteiger partial charge < -0.3 is 13.6 Å². The second kappa shape index (κ2) is 8.13. The van der Waals surface area contributed by atoms with E-state index in [0.717, 1.165) is 0 Å². The Morgan fingerprint density at radius 2 is 1.84 bits per heavy atom. The van der Waals surface area contributed by atoms with Crippen LogP contribution in [0.2, 0.25) is 0 Å². The Morgan fingerprint density at radius 1 is 1.06 bits per heavy atom. The number of hydrogen-bond donors (Lipinski definition) is 2. The molecule has 0 aliphatic rings. The number of nitrogens with one attached hydrogen (secondary N) is 2. The van der Waals surface area contributed by atoms with Crippen molar-refractivity contribution in [3.8, 4) is 5.75 Å². The molecular formula is C20H17N3O7S. The van der Waals surface area contributed by atoms with Crippen molar-refractivity contribution in [1.82, 2.24) is 14.8 Å². The molecule has 0 fully saturated rings. The van der Waals surface area contributed by atoms with Gasteiger partial charge in [0.2, 0.25) is 0 Å². The summed E-state index contributed by atoms with van der Waals surface area (Å²) in [5.74, 6) is -0.471. The van der Waals surface area contributed by atoms with Crippen LogP contribution in [0.3, 0.4) is 0 Å². The number of nitrogens with zero attached hydrogens (tertiary/aromatic N) is 1.